The summed E-state index contributed by atoms with van der Waals surface area (Å²) < 4.78 is 10.6. The first-order valence-electron chi connectivity index (χ1n) is 7.67. The van der Waals surface area contributed by atoms with Gasteiger partial charge in [0, 0.05) is 14.2 Å². The van der Waals surface area contributed by atoms with Crippen LogP contribution in [0.3, 0.4) is 0 Å². The van der Waals surface area contributed by atoms with Crippen LogP contribution < -0.4 is 5.32 Å². The predicted octanol–water partition coefficient (Wildman–Crippen LogP) is 3.44. The molecule has 1 fully saturated rings. The van der Waals surface area contributed by atoms with Crippen LogP contribution in [-0.4, -0.2) is 33.1 Å². The average molecular weight is 271 g/mol. The summed E-state index contributed by atoms with van der Waals surface area (Å²) in [5.41, 5.74) is 0.475. The van der Waals surface area contributed by atoms with Gasteiger partial charge in [0.15, 0.2) is 6.29 Å². The van der Waals surface area contributed by atoms with Crippen LogP contribution in [-0.2, 0) is 9.47 Å². The van der Waals surface area contributed by atoms with Crippen LogP contribution in [0.2, 0.25) is 0 Å². The van der Waals surface area contributed by atoms with Crippen molar-refractivity contribution in [3.63, 3.8) is 0 Å². The molecule has 1 aliphatic rings. The van der Waals surface area contributed by atoms with E-state index in [-0.39, 0.29) is 12.3 Å². The Morgan fingerprint density at radius 1 is 1.05 bits per heavy atom. The Hall–Kier alpha value is -0.120. The molecule has 0 saturated heterocycles. The molecule has 1 saturated carbocycles. The Bertz CT molecular complexity index is 238. The van der Waals surface area contributed by atoms with Gasteiger partial charge in [0.1, 0.15) is 0 Å². The minimum Gasteiger partial charge on any atom is -0.354 e. The van der Waals surface area contributed by atoms with E-state index >= 15 is 0 Å². The number of nitrogens with one attached hydrogen (secondary N) is 1. The van der Waals surface area contributed by atoms with E-state index in [1.165, 1.54) is 25.7 Å². The molecule has 3 nitrogen and oxygen atoms in total. The second-order valence-corrected chi connectivity index (χ2v) is 7.12. The van der Waals surface area contributed by atoms with Crippen LogP contribution in [0, 0.1) is 17.3 Å². The Balaban J connectivity index is 2.26. The van der Waals surface area contributed by atoms with Crippen LogP contribution in [0.1, 0.15) is 53.4 Å². The molecule has 0 bridgehead atoms. The van der Waals surface area contributed by atoms with Crippen molar-refractivity contribution in [1.82, 2.24) is 5.32 Å². The number of hydrogen-bond donors (Lipinski definition) is 1. The predicted molar refractivity (Wildman–Crippen MR) is 80.2 cm³/mol. The maximum absolute atomic E-state index is 5.28. The lowest BCUT2D eigenvalue weighted by Crippen LogP contribution is -2.42. The lowest BCUT2D eigenvalue weighted by Gasteiger charge is -2.37. The molecule has 19 heavy (non-hydrogen) atoms. The monoisotopic (exact) mass is 271 g/mol. The molecule has 0 aromatic carbocycles. The van der Waals surface area contributed by atoms with Gasteiger partial charge in [0.25, 0.3) is 0 Å². The van der Waals surface area contributed by atoms with Crippen molar-refractivity contribution < 1.29 is 9.47 Å². The van der Waals surface area contributed by atoms with Crippen LogP contribution in [0.4, 0.5) is 0 Å². The minimum absolute atomic E-state index is 0.147. The largest absolute Gasteiger partial charge is 0.354 e. The van der Waals surface area contributed by atoms with Crippen LogP contribution in [0.15, 0.2) is 0 Å². The van der Waals surface area contributed by atoms with E-state index in [0.29, 0.717) is 5.41 Å². The molecule has 1 rings (SSSR count). The lowest BCUT2D eigenvalue weighted by molar-refractivity contribution is -0.119. The third-order valence-electron chi connectivity index (χ3n) is 4.67. The van der Waals surface area contributed by atoms with E-state index < -0.39 is 0 Å². The Morgan fingerprint density at radius 2 is 1.58 bits per heavy atom. The van der Waals surface area contributed by atoms with Crippen molar-refractivity contribution in [3.05, 3.63) is 0 Å². The number of ether oxygens (including phenoxy) is 2. The molecular formula is C16H33NO2. The summed E-state index contributed by atoms with van der Waals surface area (Å²) in [6, 6.07) is 0.246. The summed E-state index contributed by atoms with van der Waals surface area (Å²) in [5, 5.41) is 3.56. The number of rotatable bonds is 6. The van der Waals surface area contributed by atoms with Gasteiger partial charge in [-0.1, -0.05) is 20.8 Å². The van der Waals surface area contributed by atoms with Gasteiger partial charge in [-0.25, -0.2) is 0 Å². The van der Waals surface area contributed by atoms with Crippen LogP contribution in [0.5, 0.6) is 0 Å². The van der Waals surface area contributed by atoms with E-state index in [1.807, 2.05) is 0 Å². The summed E-state index contributed by atoms with van der Waals surface area (Å²) in [7, 11) is 3.39. The van der Waals surface area contributed by atoms with Crippen molar-refractivity contribution in [2.24, 2.45) is 17.3 Å². The fourth-order valence-electron chi connectivity index (χ4n) is 3.19. The second-order valence-electron chi connectivity index (χ2n) is 7.12. The molecule has 1 unspecified atom stereocenters. The first kappa shape index (κ1) is 16.9. The van der Waals surface area contributed by atoms with Gasteiger partial charge in [-0.05, 0) is 56.4 Å². The molecule has 1 N–H and O–H groups in total. The maximum atomic E-state index is 5.28. The summed E-state index contributed by atoms with van der Waals surface area (Å²) in [6.07, 6.45) is 5.31. The molecule has 0 amide bonds. The Labute approximate surface area is 119 Å². The summed E-state index contributed by atoms with van der Waals surface area (Å²) in [5.74, 6) is 1.71. The van der Waals surface area contributed by atoms with Crippen LogP contribution >= 0.6 is 0 Å². The highest BCUT2D eigenvalue weighted by Crippen LogP contribution is 2.39. The van der Waals surface area contributed by atoms with Gasteiger partial charge in [-0.3, -0.25) is 0 Å². The molecule has 114 valence electrons. The second kappa shape index (κ2) is 7.61. The highest BCUT2D eigenvalue weighted by molar-refractivity contribution is 4.81. The minimum atomic E-state index is -0.147. The normalized spacial score (nSPS) is 26.7. The van der Waals surface area contributed by atoms with Crippen molar-refractivity contribution in [3.8, 4) is 0 Å². The topological polar surface area (TPSA) is 30.5 Å². The van der Waals surface area contributed by atoms with E-state index in [0.717, 1.165) is 18.4 Å². The SMILES string of the molecule is COC(OC)C(C)NCC1CCC(C(C)(C)C)CC1. The zero-order valence-corrected chi connectivity index (χ0v) is 13.7. The molecule has 1 aliphatic carbocycles. The summed E-state index contributed by atoms with van der Waals surface area (Å²) in [6.45, 7) is 10.3. The molecule has 1 atom stereocenters. The van der Waals surface area contributed by atoms with Crippen LogP contribution in [0.25, 0.3) is 0 Å². The highest BCUT2D eigenvalue weighted by atomic mass is 16.7. The fraction of sp³-hybridized carbons (Fsp3) is 1.00. The zero-order chi connectivity index (χ0) is 14.5. The van der Waals surface area contributed by atoms with E-state index in [2.05, 4.69) is 33.0 Å². The number of hydrogen-bond acceptors (Lipinski definition) is 3. The zero-order valence-electron chi connectivity index (χ0n) is 13.7. The highest BCUT2D eigenvalue weighted by Gasteiger charge is 2.29. The molecule has 0 aliphatic heterocycles. The van der Waals surface area contributed by atoms with E-state index in [1.54, 1.807) is 14.2 Å². The molecule has 0 spiro atoms. The van der Waals surface area contributed by atoms with E-state index in [9.17, 15) is 0 Å². The molecule has 0 aromatic heterocycles. The molecule has 0 radical (unpaired) electrons. The fourth-order valence-corrected chi connectivity index (χ4v) is 3.19. The van der Waals surface area contributed by atoms with Crippen molar-refractivity contribution in [2.45, 2.75) is 65.7 Å². The van der Waals surface area contributed by atoms with Crippen molar-refractivity contribution >= 4 is 0 Å². The standard InChI is InChI=1S/C16H33NO2/c1-12(15(18-5)19-6)17-11-13-7-9-14(10-8-13)16(2,3)4/h12-15,17H,7-11H2,1-6H3. The first-order chi connectivity index (χ1) is 8.88. The average Bonchev–Trinajstić information content (AvgIpc) is 2.37. The van der Waals surface area contributed by atoms with Gasteiger partial charge in [-0.2, -0.15) is 0 Å². The number of methoxy groups -OCH3 is 2. The van der Waals surface area contributed by atoms with Gasteiger partial charge in [-0.15, -0.1) is 0 Å². The van der Waals surface area contributed by atoms with Gasteiger partial charge in [0.05, 0.1) is 6.04 Å². The van der Waals surface area contributed by atoms with Crippen molar-refractivity contribution in [2.75, 3.05) is 20.8 Å². The third kappa shape index (κ3) is 5.41. The molecule has 0 heterocycles. The molecule has 0 aromatic rings. The lowest BCUT2D eigenvalue weighted by atomic mass is 9.70. The Morgan fingerprint density at radius 3 is 2.00 bits per heavy atom. The Kier molecular flexibility index (Phi) is 6.78. The van der Waals surface area contributed by atoms with Gasteiger partial charge in [0.2, 0.25) is 0 Å². The smallest absolute Gasteiger partial charge is 0.171 e. The van der Waals surface area contributed by atoms with E-state index in [4.69, 9.17) is 9.47 Å². The van der Waals surface area contributed by atoms with Crippen molar-refractivity contribution in [1.29, 1.82) is 0 Å². The van der Waals surface area contributed by atoms with Gasteiger partial charge >= 0.3 is 0 Å². The quantitative estimate of drug-likeness (QED) is 0.751. The summed E-state index contributed by atoms with van der Waals surface area (Å²) in [4.78, 5) is 0. The third-order valence-corrected chi connectivity index (χ3v) is 4.67. The molecule has 3 heteroatoms. The first-order valence-corrected chi connectivity index (χ1v) is 7.67. The van der Waals surface area contributed by atoms with Gasteiger partial charge < -0.3 is 14.8 Å². The molecular weight excluding hydrogens is 238 g/mol. The maximum Gasteiger partial charge on any atom is 0.171 e. The summed E-state index contributed by atoms with van der Waals surface area (Å²) >= 11 is 0.